The Kier molecular flexibility index (Phi) is 1.21. The molecule has 1 aliphatic carbocycles. The lowest BCUT2D eigenvalue weighted by atomic mass is 10.2. The van der Waals surface area contributed by atoms with Gasteiger partial charge in [-0.3, -0.25) is 4.98 Å². The molecule has 0 unspecified atom stereocenters. The summed E-state index contributed by atoms with van der Waals surface area (Å²) in [5, 5.41) is 0. The van der Waals surface area contributed by atoms with Crippen LogP contribution in [-0.4, -0.2) is 4.98 Å². The molecule has 2 heteroatoms. The Balaban J connectivity index is 2.51. The summed E-state index contributed by atoms with van der Waals surface area (Å²) in [4.78, 5) is 4.22. The molecule has 1 atom stereocenters. The zero-order chi connectivity index (χ0) is 6.97. The molecule has 0 saturated carbocycles. The van der Waals surface area contributed by atoms with Crippen molar-refractivity contribution in [2.45, 2.75) is 18.9 Å². The first-order valence-corrected chi connectivity index (χ1v) is 3.57. The van der Waals surface area contributed by atoms with Gasteiger partial charge in [0.15, 0.2) is 0 Å². The third-order valence-corrected chi connectivity index (χ3v) is 2.00. The third kappa shape index (κ3) is 0.727. The van der Waals surface area contributed by atoms with Crippen molar-refractivity contribution < 1.29 is 0 Å². The molecule has 1 aliphatic rings. The first kappa shape index (κ1) is 5.86. The Labute approximate surface area is 60.1 Å². The van der Waals surface area contributed by atoms with E-state index in [9.17, 15) is 0 Å². The van der Waals surface area contributed by atoms with Gasteiger partial charge in [0.2, 0.25) is 0 Å². The Bertz CT molecular complexity index is 245. The molecule has 52 valence electrons. The maximum atomic E-state index is 5.78. The number of fused-ring (bicyclic) bond motifs is 1. The molecule has 2 nitrogen and oxygen atoms in total. The molecule has 0 fully saturated rings. The highest BCUT2D eigenvalue weighted by Gasteiger charge is 2.18. The number of aryl methyl sites for hydroxylation is 1. The minimum Gasteiger partial charge on any atom is -0.323 e. The molecule has 0 bridgehead atoms. The van der Waals surface area contributed by atoms with E-state index in [4.69, 9.17) is 5.73 Å². The fourth-order valence-corrected chi connectivity index (χ4v) is 1.44. The van der Waals surface area contributed by atoms with E-state index in [0.29, 0.717) is 0 Å². The fourth-order valence-electron chi connectivity index (χ4n) is 1.44. The van der Waals surface area contributed by atoms with Crippen molar-refractivity contribution in [1.82, 2.24) is 4.98 Å². The van der Waals surface area contributed by atoms with Gasteiger partial charge in [-0.1, -0.05) is 6.07 Å². The van der Waals surface area contributed by atoms with Crippen LogP contribution in [0.2, 0.25) is 0 Å². The van der Waals surface area contributed by atoms with Crippen molar-refractivity contribution >= 4 is 0 Å². The van der Waals surface area contributed by atoms with E-state index in [2.05, 4.69) is 11.1 Å². The van der Waals surface area contributed by atoms with Gasteiger partial charge < -0.3 is 5.73 Å². The molecule has 0 radical (unpaired) electrons. The standard InChI is InChI=1S/C8H10N2/c9-7-4-3-6-2-1-5-10-8(6)7/h1-2,5,7H,3-4,9H2/t7-/m1/s1. The van der Waals surface area contributed by atoms with E-state index in [1.165, 1.54) is 5.56 Å². The van der Waals surface area contributed by atoms with E-state index in [0.717, 1.165) is 18.5 Å². The van der Waals surface area contributed by atoms with Crippen LogP contribution in [0.5, 0.6) is 0 Å². The Morgan fingerprint density at radius 3 is 3.30 bits per heavy atom. The van der Waals surface area contributed by atoms with Crippen molar-refractivity contribution in [3.8, 4) is 0 Å². The molecule has 0 saturated heterocycles. The highest BCUT2D eigenvalue weighted by Crippen LogP contribution is 2.25. The first-order valence-electron chi connectivity index (χ1n) is 3.57. The smallest absolute Gasteiger partial charge is 0.0602 e. The SMILES string of the molecule is N[C@@H]1CCc2cccnc21. The summed E-state index contributed by atoms with van der Waals surface area (Å²) in [6.45, 7) is 0. The predicted octanol–water partition coefficient (Wildman–Crippen LogP) is 1.03. The second kappa shape index (κ2) is 2.06. The van der Waals surface area contributed by atoms with Crippen molar-refractivity contribution in [2.24, 2.45) is 5.73 Å². The second-order valence-corrected chi connectivity index (χ2v) is 2.69. The monoisotopic (exact) mass is 134 g/mol. The summed E-state index contributed by atoms with van der Waals surface area (Å²) in [6, 6.07) is 4.27. The molecular formula is C8H10N2. The number of hydrogen-bond donors (Lipinski definition) is 1. The molecule has 10 heavy (non-hydrogen) atoms. The number of nitrogens with zero attached hydrogens (tertiary/aromatic N) is 1. The molecule has 1 aromatic rings. The molecule has 0 aliphatic heterocycles. The van der Waals surface area contributed by atoms with Crippen LogP contribution in [0.15, 0.2) is 18.3 Å². The minimum atomic E-state index is 0.191. The summed E-state index contributed by atoms with van der Waals surface area (Å²) < 4.78 is 0. The van der Waals surface area contributed by atoms with Gasteiger partial charge in [-0.15, -0.1) is 0 Å². The number of aromatic nitrogens is 1. The lowest BCUT2D eigenvalue weighted by Crippen LogP contribution is -2.06. The van der Waals surface area contributed by atoms with Crippen LogP contribution in [0.4, 0.5) is 0 Å². The number of nitrogens with two attached hydrogens (primary N) is 1. The van der Waals surface area contributed by atoms with Gasteiger partial charge in [-0.05, 0) is 24.5 Å². The summed E-state index contributed by atoms with van der Waals surface area (Å²) >= 11 is 0. The summed E-state index contributed by atoms with van der Waals surface area (Å²) in [5.74, 6) is 0. The molecular weight excluding hydrogens is 124 g/mol. The first-order chi connectivity index (χ1) is 4.88. The Morgan fingerprint density at radius 2 is 2.50 bits per heavy atom. The van der Waals surface area contributed by atoms with Gasteiger partial charge in [0, 0.05) is 12.2 Å². The largest absolute Gasteiger partial charge is 0.323 e. The van der Waals surface area contributed by atoms with Crippen molar-refractivity contribution in [3.05, 3.63) is 29.6 Å². The van der Waals surface area contributed by atoms with Gasteiger partial charge in [-0.2, -0.15) is 0 Å². The van der Waals surface area contributed by atoms with Crippen LogP contribution in [-0.2, 0) is 6.42 Å². The van der Waals surface area contributed by atoms with Gasteiger partial charge >= 0.3 is 0 Å². The fraction of sp³-hybridized carbons (Fsp3) is 0.375. The van der Waals surface area contributed by atoms with Gasteiger partial charge in [-0.25, -0.2) is 0 Å². The lowest BCUT2D eigenvalue weighted by molar-refractivity contribution is 0.698. The Hall–Kier alpha value is -0.890. The van der Waals surface area contributed by atoms with Crippen LogP contribution in [0.1, 0.15) is 23.7 Å². The van der Waals surface area contributed by atoms with Gasteiger partial charge in [0.1, 0.15) is 0 Å². The van der Waals surface area contributed by atoms with Crippen LogP contribution < -0.4 is 5.73 Å². The maximum absolute atomic E-state index is 5.78. The van der Waals surface area contributed by atoms with E-state index >= 15 is 0 Å². The zero-order valence-electron chi connectivity index (χ0n) is 5.75. The van der Waals surface area contributed by atoms with Crippen molar-refractivity contribution in [2.75, 3.05) is 0 Å². The molecule has 0 amide bonds. The van der Waals surface area contributed by atoms with Crippen molar-refractivity contribution in [3.63, 3.8) is 0 Å². The van der Waals surface area contributed by atoms with Crippen LogP contribution in [0, 0.1) is 0 Å². The number of pyridine rings is 1. The highest BCUT2D eigenvalue weighted by molar-refractivity contribution is 5.27. The quantitative estimate of drug-likeness (QED) is 0.575. The van der Waals surface area contributed by atoms with E-state index in [1.807, 2.05) is 12.3 Å². The number of hydrogen-bond acceptors (Lipinski definition) is 2. The molecule has 2 N–H and O–H groups in total. The van der Waals surface area contributed by atoms with Crippen molar-refractivity contribution in [1.29, 1.82) is 0 Å². The van der Waals surface area contributed by atoms with E-state index in [1.54, 1.807) is 0 Å². The van der Waals surface area contributed by atoms with E-state index in [-0.39, 0.29) is 6.04 Å². The lowest BCUT2D eigenvalue weighted by Gasteiger charge is -2.00. The molecule has 1 heterocycles. The average Bonchev–Trinajstić information content (AvgIpc) is 2.34. The second-order valence-electron chi connectivity index (χ2n) is 2.69. The van der Waals surface area contributed by atoms with Crippen LogP contribution >= 0.6 is 0 Å². The highest BCUT2D eigenvalue weighted by atomic mass is 14.8. The molecule has 0 spiro atoms. The maximum Gasteiger partial charge on any atom is 0.0602 e. The zero-order valence-corrected chi connectivity index (χ0v) is 5.75. The summed E-state index contributed by atoms with van der Waals surface area (Å²) in [5.41, 5.74) is 8.21. The topological polar surface area (TPSA) is 38.9 Å². The van der Waals surface area contributed by atoms with E-state index < -0.39 is 0 Å². The summed E-state index contributed by atoms with van der Waals surface area (Å²) in [7, 11) is 0. The molecule has 0 aromatic carbocycles. The average molecular weight is 134 g/mol. The van der Waals surface area contributed by atoms with Gasteiger partial charge in [0.05, 0.1) is 5.69 Å². The van der Waals surface area contributed by atoms with Crippen LogP contribution in [0.3, 0.4) is 0 Å². The number of rotatable bonds is 0. The third-order valence-electron chi connectivity index (χ3n) is 2.00. The Morgan fingerprint density at radius 1 is 1.60 bits per heavy atom. The van der Waals surface area contributed by atoms with Crippen LogP contribution in [0.25, 0.3) is 0 Å². The normalized spacial score (nSPS) is 22.7. The molecule has 2 rings (SSSR count). The predicted molar refractivity (Wildman–Crippen MR) is 39.5 cm³/mol. The van der Waals surface area contributed by atoms with Gasteiger partial charge in [0.25, 0.3) is 0 Å². The summed E-state index contributed by atoms with van der Waals surface area (Å²) in [6.07, 6.45) is 3.97. The minimum absolute atomic E-state index is 0.191. The molecule has 1 aromatic heterocycles.